The molecule has 118 valence electrons. The molecule has 0 aliphatic heterocycles. The van der Waals surface area contributed by atoms with E-state index in [1.54, 1.807) is 38.2 Å². The van der Waals surface area contributed by atoms with Crippen molar-refractivity contribution in [3.63, 3.8) is 0 Å². The Morgan fingerprint density at radius 3 is 2.27 bits per heavy atom. The van der Waals surface area contributed by atoms with Crippen LogP contribution >= 0.6 is 0 Å². The Kier molecular flexibility index (Phi) is 4.56. The third-order valence-corrected chi connectivity index (χ3v) is 4.64. The third kappa shape index (κ3) is 3.30. The number of hydrogen-bond donors (Lipinski definition) is 1. The van der Waals surface area contributed by atoms with Crippen LogP contribution in [0.4, 0.5) is 5.69 Å². The molecule has 0 unspecified atom stereocenters. The zero-order valence-corrected chi connectivity index (χ0v) is 13.7. The molecule has 0 radical (unpaired) electrons. The van der Waals surface area contributed by atoms with Crippen LogP contribution in [0.1, 0.15) is 11.3 Å². The number of sulfonamides is 1. The van der Waals surface area contributed by atoms with Gasteiger partial charge in [0.1, 0.15) is 0 Å². The molecule has 0 aliphatic rings. The Bertz CT molecular complexity index is 788. The molecule has 7 heteroatoms. The molecule has 1 heterocycles. The first kappa shape index (κ1) is 16.1. The van der Waals surface area contributed by atoms with E-state index < -0.39 is 10.0 Å². The van der Waals surface area contributed by atoms with Crippen LogP contribution in [-0.2, 0) is 10.0 Å². The summed E-state index contributed by atoms with van der Waals surface area (Å²) in [4.78, 5) is 4.18. The average Bonchev–Trinajstić information content (AvgIpc) is 2.46. The van der Waals surface area contributed by atoms with Gasteiger partial charge in [-0.2, -0.15) is 0 Å². The minimum Gasteiger partial charge on any atom is -0.493 e. The molecule has 22 heavy (non-hydrogen) atoms. The Balaban J connectivity index is 2.45. The SMILES string of the molecule is COc1cc(C)c(S(=O)(=O)Nc2ccnc(C)c2)cc1OC. The van der Waals surface area contributed by atoms with E-state index in [4.69, 9.17) is 9.47 Å². The molecule has 2 rings (SSSR count). The summed E-state index contributed by atoms with van der Waals surface area (Å²) in [6, 6.07) is 6.34. The molecule has 2 aromatic rings. The van der Waals surface area contributed by atoms with Gasteiger partial charge in [0.15, 0.2) is 11.5 Å². The monoisotopic (exact) mass is 322 g/mol. The van der Waals surface area contributed by atoms with Crippen LogP contribution in [0.2, 0.25) is 0 Å². The highest BCUT2D eigenvalue weighted by Crippen LogP contribution is 2.33. The molecular formula is C15H18N2O4S. The second-order valence-electron chi connectivity index (χ2n) is 4.76. The van der Waals surface area contributed by atoms with Crippen LogP contribution in [0.15, 0.2) is 35.4 Å². The van der Waals surface area contributed by atoms with Crippen molar-refractivity contribution in [1.82, 2.24) is 4.98 Å². The standard InChI is InChI=1S/C15H18N2O4S/c1-10-7-13(20-3)14(21-4)9-15(10)22(18,19)17-12-5-6-16-11(2)8-12/h5-9H,1-4H3,(H,16,17). The summed E-state index contributed by atoms with van der Waals surface area (Å²) in [7, 11) is -0.767. The normalized spacial score (nSPS) is 11.1. The van der Waals surface area contributed by atoms with Gasteiger partial charge in [-0.05, 0) is 37.6 Å². The number of nitrogens with zero attached hydrogens (tertiary/aromatic N) is 1. The highest BCUT2D eigenvalue weighted by Gasteiger charge is 2.20. The fraction of sp³-hybridized carbons (Fsp3) is 0.267. The summed E-state index contributed by atoms with van der Waals surface area (Å²) in [5, 5.41) is 0. The highest BCUT2D eigenvalue weighted by atomic mass is 32.2. The van der Waals surface area contributed by atoms with Crippen molar-refractivity contribution in [1.29, 1.82) is 0 Å². The van der Waals surface area contributed by atoms with Gasteiger partial charge in [0, 0.05) is 18.0 Å². The fourth-order valence-electron chi connectivity index (χ4n) is 2.07. The number of aryl methyl sites for hydroxylation is 2. The zero-order chi connectivity index (χ0) is 16.3. The first-order chi connectivity index (χ1) is 10.4. The van der Waals surface area contributed by atoms with E-state index in [1.807, 2.05) is 0 Å². The Labute approximate surface area is 130 Å². The molecule has 0 bridgehead atoms. The van der Waals surface area contributed by atoms with Crippen LogP contribution in [-0.4, -0.2) is 27.6 Å². The topological polar surface area (TPSA) is 77.5 Å². The molecule has 1 N–H and O–H groups in total. The van der Waals surface area contributed by atoms with Gasteiger partial charge in [0.05, 0.1) is 24.8 Å². The van der Waals surface area contributed by atoms with Gasteiger partial charge in [0.25, 0.3) is 10.0 Å². The predicted molar refractivity (Wildman–Crippen MR) is 84.1 cm³/mol. The molecule has 6 nitrogen and oxygen atoms in total. The first-order valence-corrected chi connectivity index (χ1v) is 8.04. The number of pyridine rings is 1. The molecule has 0 fully saturated rings. The second-order valence-corrected chi connectivity index (χ2v) is 6.41. The largest absolute Gasteiger partial charge is 0.493 e. The molecule has 0 aliphatic carbocycles. The predicted octanol–water partition coefficient (Wildman–Crippen LogP) is 2.52. The minimum atomic E-state index is -3.73. The smallest absolute Gasteiger partial charge is 0.262 e. The summed E-state index contributed by atoms with van der Waals surface area (Å²) >= 11 is 0. The van der Waals surface area contributed by atoms with E-state index >= 15 is 0 Å². The third-order valence-electron chi connectivity index (χ3n) is 3.12. The van der Waals surface area contributed by atoms with Gasteiger partial charge < -0.3 is 9.47 Å². The van der Waals surface area contributed by atoms with E-state index in [0.717, 1.165) is 5.69 Å². The van der Waals surface area contributed by atoms with E-state index in [9.17, 15) is 8.42 Å². The van der Waals surface area contributed by atoms with Crippen LogP contribution < -0.4 is 14.2 Å². The number of ether oxygens (including phenoxy) is 2. The highest BCUT2D eigenvalue weighted by molar-refractivity contribution is 7.92. The van der Waals surface area contributed by atoms with Crippen molar-refractivity contribution < 1.29 is 17.9 Å². The van der Waals surface area contributed by atoms with Crippen LogP contribution in [0.3, 0.4) is 0 Å². The number of hydrogen-bond acceptors (Lipinski definition) is 5. The maximum atomic E-state index is 12.6. The number of methoxy groups -OCH3 is 2. The van der Waals surface area contributed by atoms with Crippen LogP contribution in [0.25, 0.3) is 0 Å². The van der Waals surface area contributed by atoms with E-state index in [0.29, 0.717) is 22.7 Å². The van der Waals surface area contributed by atoms with Gasteiger partial charge in [-0.15, -0.1) is 0 Å². The molecule has 0 atom stereocenters. The van der Waals surface area contributed by atoms with Gasteiger partial charge in [-0.1, -0.05) is 0 Å². The summed E-state index contributed by atoms with van der Waals surface area (Å²) in [5.74, 6) is 0.845. The Hall–Kier alpha value is -2.28. The Morgan fingerprint density at radius 2 is 1.68 bits per heavy atom. The fourth-order valence-corrected chi connectivity index (χ4v) is 3.36. The Morgan fingerprint density at radius 1 is 1.05 bits per heavy atom. The van der Waals surface area contributed by atoms with Crippen LogP contribution in [0.5, 0.6) is 11.5 Å². The first-order valence-electron chi connectivity index (χ1n) is 6.55. The average molecular weight is 322 g/mol. The van der Waals surface area contributed by atoms with Gasteiger partial charge in [-0.3, -0.25) is 9.71 Å². The summed E-state index contributed by atoms with van der Waals surface area (Å²) in [6.07, 6.45) is 1.55. The minimum absolute atomic E-state index is 0.139. The number of aromatic nitrogens is 1. The number of rotatable bonds is 5. The van der Waals surface area contributed by atoms with Gasteiger partial charge in [0.2, 0.25) is 0 Å². The van der Waals surface area contributed by atoms with Crippen LogP contribution in [0, 0.1) is 13.8 Å². The summed E-state index contributed by atoms with van der Waals surface area (Å²) in [6.45, 7) is 3.49. The van der Waals surface area contributed by atoms with E-state index in [2.05, 4.69) is 9.71 Å². The molecule has 0 saturated carbocycles. The van der Waals surface area contributed by atoms with Crippen molar-refractivity contribution >= 4 is 15.7 Å². The van der Waals surface area contributed by atoms with Gasteiger partial charge in [-0.25, -0.2) is 8.42 Å². The van der Waals surface area contributed by atoms with Crippen molar-refractivity contribution in [2.75, 3.05) is 18.9 Å². The van der Waals surface area contributed by atoms with Crippen molar-refractivity contribution in [3.05, 3.63) is 41.7 Å². The maximum absolute atomic E-state index is 12.6. The lowest BCUT2D eigenvalue weighted by molar-refractivity contribution is 0.353. The number of benzene rings is 1. The summed E-state index contributed by atoms with van der Waals surface area (Å²) < 4.78 is 38.0. The molecule has 0 saturated heterocycles. The lowest BCUT2D eigenvalue weighted by Gasteiger charge is -2.14. The van der Waals surface area contributed by atoms with Gasteiger partial charge >= 0.3 is 0 Å². The molecule has 0 spiro atoms. The lowest BCUT2D eigenvalue weighted by Crippen LogP contribution is -2.14. The number of nitrogens with one attached hydrogen (secondary N) is 1. The van der Waals surface area contributed by atoms with Crippen molar-refractivity contribution in [3.8, 4) is 11.5 Å². The molecule has 0 amide bonds. The van der Waals surface area contributed by atoms with E-state index in [-0.39, 0.29) is 4.90 Å². The quantitative estimate of drug-likeness (QED) is 0.915. The molecular weight excluding hydrogens is 304 g/mol. The zero-order valence-electron chi connectivity index (χ0n) is 12.9. The lowest BCUT2D eigenvalue weighted by atomic mass is 10.2. The molecule has 1 aromatic heterocycles. The van der Waals surface area contributed by atoms with Crippen molar-refractivity contribution in [2.45, 2.75) is 18.7 Å². The summed E-state index contributed by atoms with van der Waals surface area (Å²) in [5.41, 5.74) is 1.75. The van der Waals surface area contributed by atoms with E-state index in [1.165, 1.54) is 20.3 Å². The second kappa shape index (κ2) is 6.23. The number of anilines is 1. The molecule has 1 aromatic carbocycles. The van der Waals surface area contributed by atoms with Crippen molar-refractivity contribution in [2.24, 2.45) is 0 Å². The maximum Gasteiger partial charge on any atom is 0.262 e.